The first-order valence-electron chi connectivity index (χ1n) is 12.3. The zero-order valence-electron chi connectivity index (χ0n) is 20.8. The van der Waals surface area contributed by atoms with Crippen molar-refractivity contribution in [3.8, 4) is 0 Å². The van der Waals surface area contributed by atoms with Crippen molar-refractivity contribution in [3.05, 3.63) is 46.8 Å². The highest BCUT2D eigenvalue weighted by atomic mass is 32.2. The summed E-state index contributed by atoms with van der Waals surface area (Å²) in [6.07, 6.45) is 2.89. The van der Waals surface area contributed by atoms with Crippen molar-refractivity contribution in [2.24, 2.45) is 0 Å². The zero-order valence-corrected chi connectivity index (χ0v) is 21.6. The third-order valence-corrected chi connectivity index (χ3v) is 9.24. The molecule has 1 amide bonds. The van der Waals surface area contributed by atoms with Gasteiger partial charge in [-0.15, -0.1) is 0 Å². The van der Waals surface area contributed by atoms with Crippen LogP contribution in [0.25, 0.3) is 0 Å². The Morgan fingerprint density at radius 1 is 0.941 bits per heavy atom. The summed E-state index contributed by atoms with van der Waals surface area (Å²) in [6, 6.07) is 8.11. The van der Waals surface area contributed by atoms with E-state index in [1.54, 1.807) is 15.9 Å². The van der Waals surface area contributed by atoms with Gasteiger partial charge in [0.25, 0.3) is 5.91 Å². The number of amides is 1. The first-order chi connectivity index (χ1) is 16.2. The molecule has 9 heteroatoms. The molecule has 0 unspecified atom stereocenters. The van der Waals surface area contributed by atoms with Crippen LogP contribution in [0.3, 0.4) is 0 Å². The molecule has 0 saturated carbocycles. The van der Waals surface area contributed by atoms with E-state index in [9.17, 15) is 13.2 Å². The maximum atomic E-state index is 13.2. The van der Waals surface area contributed by atoms with Crippen molar-refractivity contribution < 1.29 is 13.2 Å². The number of nitrogens with zero attached hydrogens (tertiary/aromatic N) is 5. The van der Waals surface area contributed by atoms with E-state index in [1.807, 2.05) is 36.1 Å². The van der Waals surface area contributed by atoms with Gasteiger partial charge >= 0.3 is 0 Å². The number of aromatic nitrogens is 2. The number of aryl methyl sites for hydroxylation is 1. The second kappa shape index (κ2) is 10.2. The van der Waals surface area contributed by atoms with Gasteiger partial charge in [0.05, 0.1) is 17.9 Å². The van der Waals surface area contributed by atoms with E-state index in [1.165, 1.54) is 0 Å². The van der Waals surface area contributed by atoms with E-state index in [-0.39, 0.29) is 5.91 Å². The number of carbonyl (C=O) groups excluding carboxylic acids is 1. The second-order valence-corrected chi connectivity index (χ2v) is 11.6. The van der Waals surface area contributed by atoms with Crippen LogP contribution in [0.2, 0.25) is 0 Å². The fourth-order valence-corrected chi connectivity index (χ4v) is 6.88. The topological polar surface area (TPSA) is 78.8 Å². The first kappa shape index (κ1) is 24.9. The van der Waals surface area contributed by atoms with Crippen LogP contribution < -0.4 is 0 Å². The molecule has 2 aliphatic heterocycles. The molecule has 2 aromatic rings. The molecule has 0 radical (unpaired) electrons. The Kier molecular flexibility index (Phi) is 7.45. The Balaban J connectivity index is 1.45. The molecule has 2 saturated heterocycles. The van der Waals surface area contributed by atoms with Gasteiger partial charge in [-0.1, -0.05) is 18.6 Å². The van der Waals surface area contributed by atoms with Crippen molar-refractivity contribution >= 4 is 15.9 Å². The Labute approximate surface area is 203 Å². The summed E-state index contributed by atoms with van der Waals surface area (Å²) in [5.41, 5.74) is 2.86. The van der Waals surface area contributed by atoms with Crippen LogP contribution in [0.15, 0.2) is 29.2 Å². The van der Waals surface area contributed by atoms with Gasteiger partial charge in [-0.3, -0.25) is 14.4 Å². The summed E-state index contributed by atoms with van der Waals surface area (Å²) in [5, 5.41) is 4.55. The molecule has 2 fully saturated rings. The van der Waals surface area contributed by atoms with Crippen LogP contribution >= 0.6 is 0 Å². The van der Waals surface area contributed by atoms with Gasteiger partial charge in [0, 0.05) is 50.9 Å². The highest BCUT2D eigenvalue weighted by Gasteiger charge is 2.31. The predicted molar refractivity (Wildman–Crippen MR) is 132 cm³/mol. The number of sulfonamides is 1. The van der Waals surface area contributed by atoms with Gasteiger partial charge in [0.15, 0.2) is 0 Å². The van der Waals surface area contributed by atoms with Crippen LogP contribution in [-0.2, 0) is 16.6 Å². The molecule has 3 heterocycles. The molecule has 0 spiro atoms. The number of hydrogen-bond acceptors (Lipinski definition) is 5. The first-order valence-corrected chi connectivity index (χ1v) is 13.8. The zero-order chi connectivity index (χ0) is 24.5. The third-order valence-electron chi connectivity index (χ3n) is 7.09. The van der Waals surface area contributed by atoms with Crippen LogP contribution in [0, 0.1) is 13.8 Å². The van der Waals surface area contributed by atoms with Gasteiger partial charge in [-0.2, -0.15) is 9.40 Å². The SMILES string of the molecule is Cc1nn(Cc2ccc(C(=O)N3CCN(C(C)C)CC3)cc2)c(C)c1S(=O)(=O)N1CCCCC1. The van der Waals surface area contributed by atoms with E-state index >= 15 is 0 Å². The van der Waals surface area contributed by atoms with Crippen LogP contribution in [0.5, 0.6) is 0 Å². The second-order valence-electron chi connectivity index (χ2n) is 9.74. The third kappa shape index (κ3) is 5.06. The largest absolute Gasteiger partial charge is 0.336 e. The minimum Gasteiger partial charge on any atom is -0.336 e. The number of piperidine rings is 1. The van der Waals surface area contributed by atoms with E-state index in [4.69, 9.17) is 0 Å². The molecule has 34 heavy (non-hydrogen) atoms. The van der Waals surface area contributed by atoms with E-state index in [0.717, 1.165) is 51.0 Å². The van der Waals surface area contributed by atoms with Crippen molar-refractivity contribution in [2.75, 3.05) is 39.3 Å². The average molecular weight is 488 g/mol. The number of benzene rings is 1. The fraction of sp³-hybridized carbons (Fsp3) is 0.600. The molecule has 1 aromatic heterocycles. The smallest absolute Gasteiger partial charge is 0.253 e. The minimum absolute atomic E-state index is 0.0657. The van der Waals surface area contributed by atoms with Crippen molar-refractivity contribution in [1.82, 2.24) is 23.9 Å². The molecular weight excluding hydrogens is 450 g/mol. The molecular formula is C25H37N5O3S. The van der Waals surface area contributed by atoms with Gasteiger partial charge in [-0.25, -0.2) is 8.42 Å². The molecule has 8 nitrogen and oxygen atoms in total. The molecule has 0 atom stereocenters. The lowest BCUT2D eigenvalue weighted by Gasteiger charge is -2.37. The molecule has 0 aliphatic carbocycles. The normalized spacial score (nSPS) is 18.6. The van der Waals surface area contributed by atoms with Crippen LogP contribution in [-0.4, -0.2) is 83.5 Å². The summed E-state index contributed by atoms with van der Waals surface area (Å²) < 4.78 is 29.9. The van der Waals surface area contributed by atoms with Crippen molar-refractivity contribution in [3.63, 3.8) is 0 Å². The van der Waals surface area contributed by atoms with Gasteiger partial charge in [0.2, 0.25) is 10.0 Å². The van der Waals surface area contributed by atoms with Gasteiger partial charge in [0.1, 0.15) is 4.90 Å². The van der Waals surface area contributed by atoms with Gasteiger partial charge < -0.3 is 4.90 Å². The van der Waals surface area contributed by atoms with Crippen LogP contribution in [0.1, 0.15) is 60.4 Å². The Morgan fingerprint density at radius 3 is 2.15 bits per heavy atom. The summed E-state index contributed by atoms with van der Waals surface area (Å²) in [5.74, 6) is 0.0657. The number of piperazine rings is 1. The average Bonchev–Trinajstić information content (AvgIpc) is 3.12. The Hall–Kier alpha value is -2.23. The van der Waals surface area contributed by atoms with E-state index in [2.05, 4.69) is 23.8 Å². The van der Waals surface area contributed by atoms with Crippen molar-refractivity contribution in [1.29, 1.82) is 0 Å². The summed E-state index contributed by atoms with van der Waals surface area (Å²) in [6.45, 7) is 12.9. The van der Waals surface area contributed by atoms with E-state index in [0.29, 0.717) is 47.5 Å². The lowest BCUT2D eigenvalue weighted by Crippen LogP contribution is -2.50. The lowest BCUT2D eigenvalue weighted by molar-refractivity contribution is 0.0595. The summed E-state index contributed by atoms with van der Waals surface area (Å²) >= 11 is 0. The number of hydrogen-bond donors (Lipinski definition) is 0. The summed E-state index contributed by atoms with van der Waals surface area (Å²) in [7, 11) is -3.54. The predicted octanol–water partition coefficient (Wildman–Crippen LogP) is 2.89. The summed E-state index contributed by atoms with van der Waals surface area (Å²) in [4.78, 5) is 17.6. The van der Waals surface area contributed by atoms with Crippen molar-refractivity contribution in [2.45, 2.75) is 64.4 Å². The fourth-order valence-electron chi connectivity index (χ4n) is 4.99. The monoisotopic (exact) mass is 487 g/mol. The molecule has 1 aromatic carbocycles. The Bertz CT molecular complexity index is 1110. The molecule has 186 valence electrons. The molecule has 0 N–H and O–H groups in total. The van der Waals surface area contributed by atoms with E-state index < -0.39 is 10.0 Å². The quantitative estimate of drug-likeness (QED) is 0.626. The molecule has 2 aliphatic rings. The molecule has 0 bridgehead atoms. The van der Waals surface area contributed by atoms with Gasteiger partial charge in [-0.05, 0) is 58.2 Å². The minimum atomic E-state index is -3.54. The molecule has 4 rings (SSSR count). The number of rotatable bonds is 6. The maximum absolute atomic E-state index is 13.2. The maximum Gasteiger partial charge on any atom is 0.253 e. The Morgan fingerprint density at radius 2 is 1.56 bits per heavy atom. The highest BCUT2D eigenvalue weighted by molar-refractivity contribution is 7.89. The lowest BCUT2D eigenvalue weighted by atomic mass is 10.1. The van der Waals surface area contributed by atoms with Crippen LogP contribution in [0.4, 0.5) is 0 Å². The number of carbonyl (C=O) groups is 1. The highest BCUT2D eigenvalue weighted by Crippen LogP contribution is 2.26. The standard InChI is InChI=1S/C25H37N5O3S/c1-19(2)27-14-16-28(17-15-27)25(31)23-10-8-22(9-11-23)18-30-21(4)24(20(3)26-30)34(32,33)29-12-6-5-7-13-29/h8-11,19H,5-7,12-18H2,1-4H3.